The van der Waals surface area contributed by atoms with Crippen molar-refractivity contribution in [2.75, 3.05) is 13.1 Å². The molecule has 2 unspecified atom stereocenters. The third kappa shape index (κ3) is 2.84. The molecule has 0 saturated carbocycles. The van der Waals surface area contributed by atoms with E-state index in [1.807, 2.05) is 17.9 Å². The Hall–Kier alpha value is -0.870. The lowest BCUT2D eigenvalue weighted by atomic mass is 9.97. The van der Waals surface area contributed by atoms with Gasteiger partial charge in [0, 0.05) is 44.3 Å². The molecule has 1 aromatic heterocycles. The van der Waals surface area contributed by atoms with Gasteiger partial charge in [-0.1, -0.05) is 6.92 Å². The van der Waals surface area contributed by atoms with Gasteiger partial charge < -0.3 is 5.32 Å². The Morgan fingerprint density at radius 2 is 2.05 bits per heavy atom. The first-order chi connectivity index (χ1) is 9.26. The second-order valence-electron chi connectivity index (χ2n) is 6.08. The highest BCUT2D eigenvalue weighted by Gasteiger charge is 2.39. The van der Waals surface area contributed by atoms with Crippen LogP contribution in [0.2, 0.25) is 0 Å². The average Bonchev–Trinajstić information content (AvgIpc) is 2.89. The predicted molar refractivity (Wildman–Crippen MR) is 77.1 cm³/mol. The largest absolute Gasteiger partial charge is 0.314 e. The minimum Gasteiger partial charge on any atom is -0.314 e. The van der Waals surface area contributed by atoms with Gasteiger partial charge in [0.25, 0.3) is 0 Å². The molecule has 4 nitrogen and oxygen atoms in total. The van der Waals surface area contributed by atoms with Crippen LogP contribution in [-0.2, 0) is 13.5 Å². The number of nitrogens with one attached hydrogen (secondary N) is 1. The van der Waals surface area contributed by atoms with Gasteiger partial charge in [0.2, 0.25) is 0 Å². The molecule has 2 aliphatic heterocycles. The van der Waals surface area contributed by atoms with E-state index in [9.17, 15) is 0 Å². The van der Waals surface area contributed by atoms with Crippen LogP contribution in [0.25, 0.3) is 0 Å². The molecule has 4 heteroatoms. The van der Waals surface area contributed by atoms with Gasteiger partial charge >= 0.3 is 0 Å². The maximum Gasteiger partial charge on any atom is 0.0637 e. The number of piperidine rings is 1. The van der Waals surface area contributed by atoms with E-state index >= 15 is 0 Å². The van der Waals surface area contributed by atoms with Crippen molar-refractivity contribution in [3.05, 3.63) is 18.0 Å². The fourth-order valence-electron chi connectivity index (χ4n) is 3.93. The summed E-state index contributed by atoms with van der Waals surface area (Å²) < 4.78 is 1.90. The predicted octanol–water partition coefficient (Wildman–Crippen LogP) is 1.57. The lowest BCUT2D eigenvalue weighted by molar-refractivity contribution is 0.118. The zero-order valence-electron chi connectivity index (χ0n) is 12.2. The van der Waals surface area contributed by atoms with Crippen LogP contribution >= 0.6 is 0 Å². The molecular formula is C15H26N4. The van der Waals surface area contributed by atoms with Crippen molar-refractivity contribution in [1.29, 1.82) is 0 Å². The number of fused-ring (bicyclic) bond motifs is 2. The Labute approximate surface area is 116 Å². The van der Waals surface area contributed by atoms with Crippen molar-refractivity contribution in [3.8, 4) is 0 Å². The molecule has 2 saturated heterocycles. The summed E-state index contributed by atoms with van der Waals surface area (Å²) in [4.78, 5) is 2.75. The maximum atomic E-state index is 4.49. The highest BCUT2D eigenvalue weighted by molar-refractivity contribution is 5.02. The van der Waals surface area contributed by atoms with Gasteiger partial charge in [-0.15, -0.1) is 0 Å². The van der Waals surface area contributed by atoms with Crippen LogP contribution in [0.1, 0.15) is 38.3 Å². The second kappa shape index (κ2) is 5.63. The Morgan fingerprint density at radius 1 is 1.32 bits per heavy atom. The Kier molecular flexibility index (Phi) is 3.89. The van der Waals surface area contributed by atoms with E-state index in [1.165, 1.54) is 37.9 Å². The molecule has 3 rings (SSSR count). The van der Waals surface area contributed by atoms with E-state index in [0.29, 0.717) is 0 Å². The Balaban J connectivity index is 1.55. The quantitative estimate of drug-likeness (QED) is 0.874. The van der Waals surface area contributed by atoms with Gasteiger partial charge in [-0.25, -0.2) is 0 Å². The minimum absolute atomic E-state index is 0.758. The van der Waals surface area contributed by atoms with Crippen LogP contribution in [0.5, 0.6) is 0 Å². The van der Waals surface area contributed by atoms with Crippen LogP contribution < -0.4 is 5.32 Å². The van der Waals surface area contributed by atoms with Gasteiger partial charge in [0.15, 0.2) is 0 Å². The smallest absolute Gasteiger partial charge is 0.0637 e. The van der Waals surface area contributed by atoms with Crippen LogP contribution in [0.3, 0.4) is 0 Å². The molecule has 2 bridgehead atoms. The van der Waals surface area contributed by atoms with Crippen LogP contribution in [0.15, 0.2) is 12.3 Å². The topological polar surface area (TPSA) is 33.1 Å². The van der Waals surface area contributed by atoms with Crippen molar-refractivity contribution >= 4 is 0 Å². The van der Waals surface area contributed by atoms with Gasteiger partial charge in [0.05, 0.1) is 5.69 Å². The zero-order chi connectivity index (χ0) is 13.2. The lowest BCUT2D eigenvalue weighted by Crippen LogP contribution is -2.49. The maximum absolute atomic E-state index is 4.49. The first-order valence-corrected chi connectivity index (χ1v) is 7.74. The second-order valence-corrected chi connectivity index (χ2v) is 6.08. The molecule has 0 aromatic carbocycles. The number of aryl methyl sites for hydroxylation is 1. The summed E-state index contributed by atoms with van der Waals surface area (Å²) in [7, 11) is 2.00. The normalized spacial score (nSPS) is 30.9. The Morgan fingerprint density at radius 3 is 2.63 bits per heavy atom. The van der Waals surface area contributed by atoms with Gasteiger partial charge in [-0.05, 0) is 38.3 Å². The molecule has 0 radical (unpaired) electrons. The summed E-state index contributed by atoms with van der Waals surface area (Å²) in [5.41, 5.74) is 1.23. The summed E-state index contributed by atoms with van der Waals surface area (Å²) >= 11 is 0. The van der Waals surface area contributed by atoms with E-state index in [1.54, 1.807) is 0 Å². The van der Waals surface area contributed by atoms with Crippen molar-refractivity contribution in [3.63, 3.8) is 0 Å². The minimum atomic E-state index is 0.758. The zero-order valence-corrected chi connectivity index (χ0v) is 12.2. The third-order valence-corrected chi connectivity index (χ3v) is 4.77. The number of aromatic nitrogens is 2. The third-order valence-electron chi connectivity index (χ3n) is 4.77. The van der Waals surface area contributed by atoms with E-state index in [0.717, 1.165) is 31.1 Å². The number of hydrogen-bond donors (Lipinski definition) is 1. The van der Waals surface area contributed by atoms with Crippen molar-refractivity contribution in [1.82, 2.24) is 20.0 Å². The van der Waals surface area contributed by atoms with Crippen molar-refractivity contribution in [2.24, 2.45) is 7.05 Å². The molecule has 3 heterocycles. The molecule has 1 N–H and O–H groups in total. The van der Waals surface area contributed by atoms with Crippen molar-refractivity contribution < 1.29 is 0 Å². The van der Waals surface area contributed by atoms with Crippen LogP contribution in [0, 0.1) is 0 Å². The van der Waals surface area contributed by atoms with Gasteiger partial charge in [-0.3, -0.25) is 9.58 Å². The molecule has 0 amide bonds. The van der Waals surface area contributed by atoms with E-state index in [2.05, 4.69) is 28.3 Å². The van der Waals surface area contributed by atoms with E-state index < -0.39 is 0 Å². The molecule has 19 heavy (non-hydrogen) atoms. The highest BCUT2D eigenvalue weighted by Crippen LogP contribution is 2.35. The monoisotopic (exact) mass is 262 g/mol. The summed E-state index contributed by atoms with van der Waals surface area (Å²) in [5, 5.41) is 8.13. The highest BCUT2D eigenvalue weighted by atomic mass is 15.3. The lowest BCUT2D eigenvalue weighted by Gasteiger charge is -2.39. The van der Waals surface area contributed by atoms with E-state index in [4.69, 9.17) is 0 Å². The molecule has 2 atom stereocenters. The fourth-order valence-corrected chi connectivity index (χ4v) is 3.93. The number of nitrogens with zero attached hydrogens (tertiary/aromatic N) is 3. The number of rotatable bonds is 5. The summed E-state index contributed by atoms with van der Waals surface area (Å²) in [6, 6.07) is 4.53. The Bertz CT molecular complexity index is 400. The molecule has 2 fully saturated rings. The molecule has 106 valence electrons. The summed E-state index contributed by atoms with van der Waals surface area (Å²) in [6.45, 7) is 4.51. The first-order valence-electron chi connectivity index (χ1n) is 7.74. The van der Waals surface area contributed by atoms with E-state index in [-0.39, 0.29) is 0 Å². The standard InChI is InChI=1S/C15H26N4/c1-3-16-13-10-14-4-5-15(11-13)19(14)9-7-12-6-8-18(2)17-12/h6,8,13-16H,3-5,7,9-11H2,1-2H3. The average molecular weight is 262 g/mol. The number of hydrogen-bond acceptors (Lipinski definition) is 3. The SMILES string of the molecule is CCNC1CC2CCC(C1)N2CCc1ccn(C)n1. The van der Waals surface area contributed by atoms with Crippen LogP contribution in [-0.4, -0.2) is 45.9 Å². The van der Waals surface area contributed by atoms with Crippen LogP contribution in [0.4, 0.5) is 0 Å². The van der Waals surface area contributed by atoms with Gasteiger partial charge in [0.1, 0.15) is 0 Å². The van der Waals surface area contributed by atoms with Crippen molar-refractivity contribution in [2.45, 2.75) is 57.2 Å². The fraction of sp³-hybridized carbons (Fsp3) is 0.800. The molecule has 0 spiro atoms. The van der Waals surface area contributed by atoms with Gasteiger partial charge in [-0.2, -0.15) is 5.10 Å². The first kappa shape index (κ1) is 13.1. The molecule has 2 aliphatic rings. The molecular weight excluding hydrogens is 236 g/mol. The summed E-state index contributed by atoms with van der Waals surface area (Å²) in [5.74, 6) is 0. The summed E-state index contributed by atoms with van der Waals surface area (Å²) in [6.07, 6.45) is 8.61. The molecule has 0 aliphatic carbocycles. The molecule has 1 aromatic rings.